The van der Waals surface area contributed by atoms with Crippen molar-refractivity contribution in [3.63, 3.8) is 0 Å². The molecule has 0 saturated heterocycles. The average Bonchev–Trinajstić information content (AvgIpc) is 3.28. The summed E-state index contributed by atoms with van der Waals surface area (Å²) in [6.07, 6.45) is 4.34. The zero-order chi connectivity index (χ0) is 17.3. The van der Waals surface area contributed by atoms with Crippen LogP contribution in [0.2, 0.25) is 5.02 Å². The lowest BCUT2D eigenvalue weighted by atomic mass is 9.95. The molecule has 0 radical (unpaired) electrons. The minimum atomic E-state index is -0.255. The molecule has 25 heavy (non-hydrogen) atoms. The first-order valence-electron chi connectivity index (χ1n) is 8.57. The fourth-order valence-electron chi connectivity index (χ4n) is 3.60. The third-order valence-corrected chi connectivity index (χ3v) is 5.20. The van der Waals surface area contributed by atoms with Gasteiger partial charge in [0.1, 0.15) is 0 Å². The molecule has 1 aliphatic rings. The van der Waals surface area contributed by atoms with Crippen LogP contribution in [0.25, 0.3) is 5.69 Å². The highest BCUT2D eigenvalue weighted by Crippen LogP contribution is 2.41. The van der Waals surface area contributed by atoms with Crippen molar-refractivity contribution in [2.75, 3.05) is 5.32 Å². The second-order valence-electron chi connectivity index (χ2n) is 6.62. The predicted molar refractivity (Wildman–Crippen MR) is 99.1 cm³/mol. The van der Waals surface area contributed by atoms with Gasteiger partial charge in [-0.2, -0.15) is 4.68 Å². The van der Waals surface area contributed by atoms with Crippen LogP contribution in [0.1, 0.15) is 37.1 Å². The molecule has 128 valence electrons. The van der Waals surface area contributed by atoms with Crippen LogP contribution in [0.3, 0.4) is 0 Å². The normalized spacial score (nSPS) is 16.1. The Bertz CT molecular complexity index is 866. The summed E-state index contributed by atoms with van der Waals surface area (Å²) in [4.78, 5) is 0. The Labute approximate surface area is 152 Å². The number of nitrogens with zero attached hydrogens (tertiary/aromatic N) is 4. The van der Waals surface area contributed by atoms with E-state index in [0.29, 0.717) is 5.02 Å². The summed E-state index contributed by atoms with van der Waals surface area (Å²) in [5.41, 5.74) is 3.02. The third-order valence-electron chi connectivity index (χ3n) is 4.94. The highest BCUT2D eigenvalue weighted by Gasteiger charge is 2.41. The third kappa shape index (κ3) is 3.00. The summed E-state index contributed by atoms with van der Waals surface area (Å²) < 4.78 is 1.83. The molecule has 2 aromatic carbocycles. The lowest BCUT2D eigenvalue weighted by Gasteiger charge is -2.31. The summed E-state index contributed by atoms with van der Waals surface area (Å²) in [5, 5.41) is 17.1. The molecule has 0 amide bonds. The number of tetrazole rings is 1. The summed E-state index contributed by atoms with van der Waals surface area (Å²) in [6.45, 7) is 2.12. The number of anilines is 1. The van der Waals surface area contributed by atoms with Crippen LogP contribution in [-0.2, 0) is 5.54 Å². The van der Waals surface area contributed by atoms with E-state index in [1.807, 2.05) is 28.9 Å². The molecule has 1 aliphatic carbocycles. The molecule has 0 atom stereocenters. The molecule has 6 heteroatoms. The summed E-state index contributed by atoms with van der Waals surface area (Å²) >= 11 is 6.02. The number of hydrogen-bond acceptors (Lipinski definition) is 4. The topological polar surface area (TPSA) is 55.6 Å². The molecule has 3 aromatic rings. The Morgan fingerprint density at radius 2 is 1.76 bits per heavy atom. The second-order valence-corrected chi connectivity index (χ2v) is 7.06. The second kappa shape index (κ2) is 6.48. The van der Waals surface area contributed by atoms with Gasteiger partial charge in [0.05, 0.1) is 11.2 Å². The Hall–Kier alpha value is -2.40. The van der Waals surface area contributed by atoms with Gasteiger partial charge in [0.25, 0.3) is 0 Å². The van der Waals surface area contributed by atoms with E-state index < -0.39 is 0 Å². The van der Waals surface area contributed by atoms with Gasteiger partial charge in [0.15, 0.2) is 5.82 Å². The fourth-order valence-corrected chi connectivity index (χ4v) is 3.72. The van der Waals surface area contributed by atoms with Crippen molar-refractivity contribution < 1.29 is 0 Å². The molecule has 1 heterocycles. The van der Waals surface area contributed by atoms with E-state index in [-0.39, 0.29) is 5.54 Å². The lowest BCUT2D eigenvalue weighted by molar-refractivity contribution is 0.461. The molecular weight excluding hydrogens is 334 g/mol. The van der Waals surface area contributed by atoms with Gasteiger partial charge in [-0.3, -0.25) is 0 Å². The van der Waals surface area contributed by atoms with Crippen molar-refractivity contribution in [3.05, 3.63) is 64.9 Å². The van der Waals surface area contributed by atoms with E-state index in [1.165, 1.54) is 5.56 Å². The van der Waals surface area contributed by atoms with Gasteiger partial charge in [-0.05, 0) is 66.1 Å². The molecular formula is C19H20ClN5. The number of para-hydroxylation sites is 1. The molecule has 0 bridgehead atoms. The van der Waals surface area contributed by atoms with Crippen LogP contribution in [0.15, 0.2) is 48.5 Å². The Kier molecular flexibility index (Phi) is 4.17. The molecule has 0 spiro atoms. The number of hydrogen-bond donors (Lipinski definition) is 1. The van der Waals surface area contributed by atoms with Crippen LogP contribution in [0.5, 0.6) is 0 Å². The first-order chi connectivity index (χ1) is 12.2. The largest absolute Gasteiger partial charge is 0.372 e. The monoisotopic (exact) mass is 353 g/mol. The Balaban J connectivity index is 1.76. The van der Waals surface area contributed by atoms with E-state index in [1.54, 1.807) is 0 Å². The van der Waals surface area contributed by atoms with Gasteiger partial charge in [-0.25, -0.2) is 0 Å². The van der Waals surface area contributed by atoms with Crippen LogP contribution in [-0.4, -0.2) is 20.2 Å². The zero-order valence-electron chi connectivity index (χ0n) is 14.1. The number of halogens is 1. The fraction of sp³-hybridized carbons (Fsp3) is 0.316. The van der Waals surface area contributed by atoms with Crippen LogP contribution >= 0.6 is 11.6 Å². The number of nitrogens with one attached hydrogen (secondary N) is 1. The minimum Gasteiger partial charge on any atom is -0.372 e. The first kappa shape index (κ1) is 16.1. The van der Waals surface area contributed by atoms with E-state index in [0.717, 1.165) is 42.9 Å². The van der Waals surface area contributed by atoms with Crippen molar-refractivity contribution in [2.24, 2.45) is 0 Å². The number of rotatable bonds is 4. The van der Waals surface area contributed by atoms with E-state index >= 15 is 0 Å². The van der Waals surface area contributed by atoms with Crippen molar-refractivity contribution in [2.45, 2.75) is 38.1 Å². The number of aromatic nitrogens is 4. The molecule has 0 unspecified atom stereocenters. The molecule has 4 rings (SSSR count). The summed E-state index contributed by atoms with van der Waals surface area (Å²) in [5.74, 6) is 0.857. The minimum absolute atomic E-state index is 0.255. The molecule has 1 N–H and O–H groups in total. The van der Waals surface area contributed by atoms with Crippen LogP contribution < -0.4 is 5.32 Å². The molecule has 1 fully saturated rings. The van der Waals surface area contributed by atoms with E-state index in [9.17, 15) is 0 Å². The smallest absolute Gasteiger partial charge is 0.181 e. The quantitative estimate of drug-likeness (QED) is 0.750. The Morgan fingerprint density at radius 1 is 1.04 bits per heavy atom. The zero-order valence-corrected chi connectivity index (χ0v) is 14.9. The van der Waals surface area contributed by atoms with Gasteiger partial charge < -0.3 is 5.32 Å². The van der Waals surface area contributed by atoms with Crippen molar-refractivity contribution in [1.82, 2.24) is 20.2 Å². The van der Waals surface area contributed by atoms with Gasteiger partial charge in [0.2, 0.25) is 0 Å². The maximum atomic E-state index is 6.02. The molecule has 0 aliphatic heterocycles. The maximum Gasteiger partial charge on any atom is 0.181 e. The van der Waals surface area contributed by atoms with Crippen LogP contribution in [0, 0.1) is 6.92 Å². The van der Waals surface area contributed by atoms with Crippen molar-refractivity contribution in [1.29, 1.82) is 0 Å². The molecule has 1 aromatic heterocycles. The molecule has 5 nitrogen and oxygen atoms in total. The lowest BCUT2D eigenvalue weighted by Crippen LogP contribution is -2.35. The van der Waals surface area contributed by atoms with Crippen molar-refractivity contribution >= 4 is 17.3 Å². The summed E-state index contributed by atoms with van der Waals surface area (Å²) in [6, 6.07) is 16.0. The number of aryl methyl sites for hydroxylation is 1. The van der Waals surface area contributed by atoms with Gasteiger partial charge in [-0.15, -0.1) is 5.10 Å². The predicted octanol–water partition coefficient (Wildman–Crippen LogP) is 4.51. The average molecular weight is 354 g/mol. The standard InChI is InChI=1S/C19H20ClN5/c1-14-6-2-3-7-17(14)21-19(12-4-5-13-19)18-22-23-24-25(18)16-10-8-15(20)9-11-16/h2-3,6-11,21H,4-5,12-13H2,1H3. The van der Waals surface area contributed by atoms with E-state index in [4.69, 9.17) is 11.6 Å². The highest BCUT2D eigenvalue weighted by molar-refractivity contribution is 6.30. The molecule has 1 saturated carbocycles. The Morgan fingerprint density at radius 3 is 2.48 bits per heavy atom. The van der Waals surface area contributed by atoms with Gasteiger partial charge >= 0.3 is 0 Å². The first-order valence-corrected chi connectivity index (χ1v) is 8.94. The van der Waals surface area contributed by atoms with Gasteiger partial charge in [-0.1, -0.05) is 42.6 Å². The number of benzene rings is 2. The van der Waals surface area contributed by atoms with Crippen LogP contribution in [0.4, 0.5) is 5.69 Å². The maximum absolute atomic E-state index is 6.02. The SMILES string of the molecule is Cc1ccccc1NC1(c2nnnn2-c2ccc(Cl)cc2)CCCC1. The van der Waals surface area contributed by atoms with Crippen molar-refractivity contribution in [3.8, 4) is 5.69 Å². The van der Waals surface area contributed by atoms with Gasteiger partial charge in [0, 0.05) is 10.7 Å². The highest BCUT2D eigenvalue weighted by atomic mass is 35.5. The van der Waals surface area contributed by atoms with E-state index in [2.05, 4.69) is 52.0 Å². The summed E-state index contributed by atoms with van der Waals surface area (Å²) in [7, 11) is 0.